The molecule has 0 atom stereocenters. The smallest absolute Gasteiger partial charge is 0.123 e. The molecule has 20 rings (SSSR count). The van der Waals surface area contributed by atoms with Crippen molar-refractivity contribution in [1.82, 2.24) is 32.8 Å². The SMILES string of the molecule is CCn1c2ccccc2c2cc(-c3ccccc3)ccc21.CCn1c2ccccc2c2cc(-c3ccncc3)ccc21.CCn1c2ccccc2c2cc(-c3nccs3)ccc21.CCn1c2ccccc2c2cc(C3=CCC=C3)ccc21.CCn1c2ccccc2c2cc(C3=CCC=N3)ccc21. The summed E-state index contributed by atoms with van der Waals surface area (Å²) in [6, 6.07) is 91.6. The van der Waals surface area contributed by atoms with Crippen molar-refractivity contribution in [3.63, 3.8) is 0 Å². The molecular formula is C93H80N8S. The first kappa shape index (κ1) is 64.7. The van der Waals surface area contributed by atoms with Crippen molar-refractivity contribution in [3.8, 4) is 32.8 Å². The maximum Gasteiger partial charge on any atom is 0.123 e. The van der Waals surface area contributed by atoms with E-state index in [1.165, 1.54) is 154 Å². The van der Waals surface area contributed by atoms with Crippen molar-refractivity contribution >= 4 is 138 Å². The van der Waals surface area contributed by atoms with Gasteiger partial charge in [-0.1, -0.05) is 170 Å². The Morgan fingerprint density at radius 2 is 0.657 bits per heavy atom. The third-order valence-electron chi connectivity index (χ3n) is 20.3. The Kier molecular flexibility index (Phi) is 18.2. The van der Waals surface area contributed by atoms with Crippen molar-refractivity contribution in [2.75, 3.05) is 0 Å². The van der Waals surface area contributed by atoms with Crippen LogP contribution in [-0.4, -0.2) is 39.0 Å². The number of benzene rings is 11. The molecule has 0 spiro atoms. The lowest BCUT2D eigenvalue weighted by Crippen LogP contribution is -1.92. The van der Waals surface area contributed by atoms with Crippen LogP contribution in [0.4, 0.5) is 0 Å². The van der Waals surface area contributed by atoms with Crippen molar-refractivity contribution in [3.05, 3.63) is 314 Å². The Labute approximate surface area is 599 Å². The highest BCUT2D eigenvalue weighted by Crippen LogP contribution is 2.39. The summed E-state index contributed by atoms with van der Waals surface area (Å²) < 4.78 is 11.9. The number of nitrogens with zero attached hydrogens (tertiary/aromatic N) is 8. The number of aryl methyl sites for hydroxylation is 5. The van der Waals surface area contributed by atoms with Crippen LogP contribution in [0.3, 0.4) is 0 Å². The molecule has 11 aromatic carbocycles. The molecule has 0 radical (unpaired) electrons. The topological polar surface area (TPSA) is 62.8 Å². The van der Waals surface area contributed by atoms with Gasteiger partial charge in [0.15, 0.2) is 0 Å². The van der Waals surface area contributed by atoms with E-state index in [2.05, 4.69) is 352 Å². The summed E-state index contributed by atoms with van der Waals surface area (Å²) in [5, 5.41) is 16.4. The van der Waals surface area contributed by atoms with Crippen molar-refractivity contribution < 1.29 is 0 Å². The van der Waals surface area contributed by atoms with Crippen LogP contribution in [0, 0.1) is 0 Å². The van der Waals surface area contributed by atoms with Gasteiger partial charge in [0.1, 0.15) is 5.01 Å². The highest BCUT2D eigenvalue weighted by Gasteiger charge is 2.17. The first-order valence-electron chi connectivity index (χ1n) is 35.9. The lowest BCUT2D eigenvalue weighted by Gasteiger charge is -2.04. The molecule has 1 aliphatic heterocycles. The van der Waals surface area contributed by atoms with Gasteiger partial charge in [0.05, 0.1) is 5.70 Å². The van der Waals surface area contributed by atoms with Gasteiger partial charge < -0.3 is 22.8 Å². The number of pyridine rings is 1. The lowest BCUT2D eigenvalue weighted by molar-refractivity contribution is 0.827. The highest BCUT2D eigenvalue weighted by atomic mass is 32.1. The van der Waals surface area contributed by atoms with Gasteiger partial charge in [-0.15, -0.1) is 11.3 Å². The van der Waals surface area contributed by atoms with E-state index in [1.54, 1.807) is 11.3 Å². The third kappa shape index (κ3) is 12.1. The van der Waals surface area contributed by atoms with Crippen LogP contribution < -0.4 is 0 Å². The number of allylic oxidation sites excluding steroid dienone is 5. The number of rotatable bonds is 10. The second-order valence-electron chi connectivity index (χ2n) is 25.8. The maximum absolute atomic E-state index is 4.45. The number of hydrogen-bond acceptors (Lipinski definition) is 4. The minimum atomic E-state index is 0.949. The molecule has 0 fully saturated rings. The summed E-state index contributed by atoms with van der Waals surface area (Å²) in [7, 11) is 0. The van der Waals surface area contributed by atoms with Gasteiger partial charge in [0.2, 0.25) is 0 Å². The number of hydrogen-bond donors (Lipinski definition) is 0. The Hall–Kier alpha value is -11.9. The molecule has 0 bridgehead atoms. The quantitative estimate of drug-likeness (QED) is 0.137. The molecular weight excluding hydrogens is 1260 g/mol. The number of thiazole rings is 1. The van der Waals surface area contributed by atoms with Crippen molar-refractivity contribution in [1.29, 1.82) is 0 Å². The van der Waals surface area contributed by atoms with Gasteiger partial charge in [0.25, 0.3) is 0 Å². The monoisotopic (exact) mass is 1340 g/mol. The Balaban J connectivity index is 0.0000000987. The first-order chi connectivity index (χ1) is 50.4. The number of aliphatic imine (C=N–C) groups is 1. The molecule has 8 nitrogen and oxygen atoms in total. The molecule has 9 heteroatoms. The maximum atomic E-state index is 4.45. The zero-order valence-corrected chi connectivity index (χ0v) is 59.2. The van der Waals surface area contributed by atoms with Gasteiger partial charge in [-0.3, -0.25) is 9.98 Å². The fourth-order valence-electron chi connectivity index (χ4n) is 15.6. The van der Waals surface area contributed by atoms with Crippen LogP contribution in [0.5, 0.6) is 0 Å². The van der Waals surface area contributed by atoms with Crippen LogP contribution in [-0.2, 0) is 32.7 Å². The standard InChI is InChI=1S/C20H17N.C19H16N2.C19H17N.C18H16N2.C17H14N2S/c1-2-21-19-11-7-6-10-17(19)18-14-16(12-13-20(18)21)15-8-4-3-5-9-15;1-2-21-18-6-4-3-5-16(18)17-13-15(7-8-19(17)21)14-9-11-20-12-10-14;1-2-20-18-10-6-5-9-16(18)17-13-15(11-12-19(17)20)14-7-3-4-8-14;1-2-20-17-8-4-3-6-14(17)15-12-13(9-10-18(15)20)16-7-5-11-19-16;1-2-19-15-6-4-3-5-13(15)14-11-12(7-8-16(14)19)17-18-9-10-20-17/h3-14H,2H2,1H3;3-13H,2H2,1H3;3,5-13H,2,4H2,1H3;3-4,6-12H,2,5H2,1H3;3-11H,2H2,1H3. The predicted octanol–water partition coefficient (Wildman–Crippen LogP) is 25.1. The van der Waals surface area contributed by atoms with Crippen LogP contribution in [0.15, 0.2) is 308 Å². The zero-order chi connectivity index (χ0) is 69.0. The van der Waals surface area contributed by atoms with Crippen LogP contribution in [0.2, 0.25) is 0 Å². The molecule has 0 unspecified atom stereocenters. The normalized spacial score (nSPS) is 12.5. The molecule has 0 saturated heterocycles. The molecule has 498 valence electrons. The van der Waals surface area contributed by atoms with E-state index in [4.69, 9.17) is 0 Å². The van der Waals surface area contributed by atoms with Gasteiger partial charge in [-0.05, 0) is 184 Å². The second-order valence-corrected chi connectivity index (χ2v) is 26.7. The molecule has 0 saturated carbocycles. The van der Waals surface area contributed by atoms with E-state index < -0.39 is 0 Å². The summed E-state index contributed by atoms with van der Waals surface area (Å²) >= 11 is 1.68. The molecule has 1 aliphatic carbocycles. The fraction of sp³-hybridized carbons (Fsp3) is 0.129. The minimum Gasteiger partial charge on any atom is -0.341 e. The van der Waals surface area contributed by atoms with Crippen LogP contribution in [0.1, 0.15) is 58.6 Å². The van der Waals surface area contributed by atoms with E-state index in [0.29, 0.717) is 0 Å². The number of fused-ring (bicyclic) bond motifs is 15. The minimum absolute atomic E-state index is 0.949. The molecule has 18 aromatic rings. The Morgan fingerprint density at radius 3 is 1.04 bits per heavy atom. The largest absolute Gasteiger partial charge is 0.341 e. The summed E-state index contributed by atoms with van der Waals surface area (Å²) in [6.07, 6.45) is 18.4. The molecule has 0 amide bonds. The summed E-state index contributed by atoms with van der Waals surface area (Å²) in [5.41, 5.74) is 24.3. The molecule has 7 aromatic heterocycles. The number of para-hydroxylation sites is 5. The summed E-state index contributed by atoms with van der Waals surface area (Å²) in [4.78, 5) is 13.0. The lowest BCUT2D eigenvalue weighted by atomic mass is 10.0. The van der Waals surface area contributed by atoms with Crippen LogP contribution in [0.25, 0.3) is 153 Å². The highest BCUT2D eigenvalue weighted by molar-refractivity contribution is 7.13. The van der Waals surface area contributed by atoms with Crippen molar-refractivity contribution in [2.45, 2.75) is 80.2 Å². The van der Waals surface area contributed by atoms with E-state index in [1.807, 2.05) is 30.2 Å². The van der Waals surface area contributed by atoms with Gasteiger partial charge in [-0.2, -0.15) is 0 Å². The second kappa shape index (κ2) is 28.7. The summed E-state index contributed by atoms with van der Waals surface area (Å²) in [6.45, 7) is 16.0. The molecule has 8 heterocycles. The van der Waals surface area contributed by atoms with E-state index in [9.17, 15) is 0 Å². The Bertz CT molecular complexity index is 5920. The zero-order valence-electron chi connectivity index (χ0n) is 58.4. The van der Waals surface area contributed by atoms with Gasteiger partial charge in [-0.25, -0.2) is 4.98 Å². The molecule has 0 N–H and O–H groups in total. The van der Waals surface area contributed by atoms with E-state index in [0.717, 1.165) is 56.3 Å². The molecule has 102 heavy (non-hydrogen) atoms. The number of aromatic nitrogens is 7. The van der Waals surface area contributed by atoms with E-state index in [-0.39, 0.29) is 0 Å². The van der Waals surface area contributed by atoms with Crippen LogP contribution >= 0.6 is 11.3 Å². The van der Waals surface area contributed by atoms with Gasteiger partial charge >= 0.3 is 0 Å². The molecule has 2 aliphatic rings. The summed E-state index contributed by atoms with van der Waals surface area (Å²) in [5.74, 6) is 0. The predicted molar refractivity (Wildman–Crippen MR) is 438 cm³/mol. The Morgan fingerprint density at radius 1 is 0.304 bits per heavy atom. The van der Waals surface area contributed by atoms with E-state index >= 15 is 0 Å². The average Bonchev–Trinajstić information content (AvgIpc) is 1.64. The third-order valence-corrected chi connectivity index (χ3v) is 21.1. The first-order valence-corrected chi connectivity index (χ1v) is 36.8. The fourth-order valence-corrected chi connectivity index (χ4v) is 16.2. The van der Waals surface area contributed by atoms with Gasteiger partial charge in [0, 0.05) is 189 Å². The van der Waals surface area contributed by atoms with Crippen molar-refractivity contribution in [2.24, 2.45) is 4.99 Å². The average molecular weight is 1340 g/mol.